The third-order valence-electron chi connectivity index (χ3n) is 5.64. The van der Waals surface area contributed by atoms with Crippen LogP contribution in [0.5, 0.6) is 5.75 Å². The third kappa shape index (κ3) is 5.79. The summed E-state index contributed by atoms with van der Waals surface area (Å²) in [5.41, 5.74) is 4.60. The normalized spacial score (nSPS) is 10.9. The second-order valence-corrected chi connectivity index (χ2v) is 8.29. The van der Waals surface area contributed by atoms with E-state index in [1.165, 1.54) is 11.1 Å². The summed E-state index contributed by atoms with van der Waals surface area (Å²) in [6, 6.07) is 28.5. The number of aromatic amines is 1. The molecule has 0 saturated carbocycles. The molecular formula is C28H28N6O2. The van der Waals surface area contributed by atoms with Crippen LogP contribution in [0.25, 0.3) is 11.2 Å². The molecule has 5 aromatic rings. The molecule has 0 aliphatic rings. The average molecular weight is 481 g/mol. The van der Waals surface area contributed by atoms with Crippen LogP contribution in [0.15, 0.2) is 91.3 Å². The lowest BCUT2D eigenvalue weighted by atomic mass is 10.1. The third-order valence-corrected chi connectivity index (χ3v) is 5.64. The van der Waals surface area contributed by atoms with Crippen LogP contribution in [0.3, 0.4) is 0 Å². The molecule has 2 N–H and O–H groups in total. The Bertz CT molecular complexity index is 1350. The Hall–Kier alpha value is -4.43. The lowest BCUT2D eigenvalue weighted by Crippen LogP contribution is -2.24. The van der Waals surface area contributed by atoms with E-state index in [4.69, 9.17) is 14.5 Å². The molecule has 0 saturated heterocycles. The van der Waals surface area contributed by atoms with Crippen LogP contribution >= 0.6 is 0 Å². The Balaban J connectivity index is 1.48. The number of nitrogens with one attached hydrogen (secondary N) is 2. The van der Waals surface area contributed by atoms with Crippen LogP contribution in [0.4, 0.5) is 17.5 Å². The molecule has 8 heteroatoms. The Morgan fingerprint density at radius 3 is 2.25 bits per heavy atom. The number of hydrogen-bond acceptors (Lipinski definition) is 7. The summed E-state index contributed by atoms with van der Waals surface area (Å²) in [7, 11) is 1.65. The van der Waals surface area contributed by atoms with Gasteiger partial charge in [0.1, 0.15) is 17.9 Å². The minimum absolute atomic E-state index is 0.463. The highest BCUT2D eigenvalue weighted by atomic mass is 16.5. The molecule has 0 bridgehead atoms. The molecule has 182 valence electrons. The Kier molecular flexibility index (Phi) is 7.34. The molecule has 0 atom stereocenters. The first-order valence-electron chi connectivity index (χ1n) is 11.8. The predicted octanol–water partition coefficient (Wildman–Crippen LogP) is 5.33. The second-order valence-electron chi connectivity index (χ2n) is 8.29. The van der Waals surface area contributed by atoms with Gasteiger partial charge in [0.25, 0.3) is 0 Å². The summed E-state index contributed by atoms with van der Waals surface area (Å²) in [5, 5.41) is 3.33. The van der Waals surface area contributed by atoms with Gasteiger partial charge in [0.15, 0.2) is 11.5 Å². The first kappa shape index (κ1) is 23.3. The maximum Gasteiger partial charge on any atom is 0.231 e. The number of methoxy groups -OCH3 is 1. The molecule has 0 aliphatic carbocycles. The van der Waals surface area contributed by atoms with E-state index < -0.39 is 0 Å². The maximum absolute atomic E-state index is 5.75. The number of anilines is 3. The predicted molar refractivity (Wildman–Crippen MR) is 142 cm³/mol. The van der Waals surface area contributed by atoms with E-state index in [0.717, 1.165) is 22.8 Å². The lowest BCUT2D eigenvalue weighted by molar-refractivity contribution is 0.146. The SMILES string of the molecule is COCCOc1cccc(Nc2nc(N(Cc3ccccc3)Cc3ccccc3)c3[nH]cnc3n2)c1. The minimum atomic E-state index is 0.463. The lowest BCUT2D eigenvalue weighted by Gasteiger charge is -2.25. The van der Waals surface area contributed by atoms with Crippen LogP contribution in [0.1, 0.15) is 11.1 Å². The van der Waals surface area contributed by atoms with Crippen molar-refractivity contribution in [2.75, 3.05) is 30.5 Å². The molecule has 0 radical (unpaired) electrons. The number of hydrogen-bond donors (Lipinski definition) is 2. The largest absolute Gasteiger partial charge is 0.491 e. The first-order valence-corrected chi connectivity index (χ1v) is 11.8. The van der Waals surface area contributed by atoms with Gasteiger partial charge < -0.3 is 24.7 Å². The quantitative estimate of drug-likeness (QED) is 0.247. The summed E-state index contributed by atoms with van der Waals surface area (Å²) < 4.78 is 10.8. The maximum atomic E-state index is 5.75. The van der Waals surface area contributed by atoms with E-state index in [0.29, 0.717) is 37.9 Å². The van der Waals surface area contributed by atoms with Crippen molar-refractivity contribution >= 4 is 28.6 Å². The van der Waals surface area contributed by atoms with Gasteiger partial charge in [-0.25, -0.2) is 4.98 Å². The fourth-order valence-corrected chi connectivity index (χ4v) is 3.95. The van der Waals surface area contributed by atoms with E-state index in [1.54, 1.807) is 13.4 Å². The fraction of sp³-hybridized carbons (Fsp3) is 0.179. The standard InChI is InChI=1S/C28H28N6O2/c1-35-15-16-36-24-14-8-13-23(17-24)31-28-32-26-25(29-20-30-26)27(33-28)34(18-21-9-4-2-5-10-21)19-22-11-6-3-7-12-22/h2-14,17,20H,15-16,18-19H2,1H3,(H2,29,30,31,32,33). The summed E-state index contributed by atoms with van der Waals surface area (Å²) in [6.45, 7) is 2.37. The van der Waals surface area contributed by atoms with Crippen molar-refractivity contribution in [3.8, 4) is 5.75 Å². The number of nitrogens with zero attached hydrogens (tertiary/aromatic N) is 4. The highest BCUT2D eigenvalue weighted by Crippen LogP contribution is 2.28. The molecule has 2 aromatic heterocycles. The summed E-state index contributed by atoms with van der Waals surface area (Å²) in [5.74, 6) is 1.98. The highest BCUT2D eigenvalue weighted by molar-refractivity contribution is 5.84. The van der Waals surface area contributed by atoms with E-state index in [1.807, 2.05) is 36.4 Å². The molecule has 0 fully saturated rings. The topological polar surface area (TPSA) is 88.2 Å². The zero-order valence-electron chi connectivity index (χ0n) is 20.1. The van der Waals surface area contributed by atoms with Crippen molar-refractivity contribution in [1.29, 1.82) is 0 Å². The van der Waals surface area contributed by atoms with Crippen LogP contribution in [0.2, 0.25) is 0 Å². The summed E-state index contributed by atoms with van der Waals surface area (Å²) >= 11 is 0. The number of imidazole rings is 1. The highest BCUT2D eigenvalue weighted by Gasteiger charge is 2.18. The number of H-pyrrole nitrogens is 1. The molecule has 0 amide bonds. The van der Waals surface area contributed by atoms with Crippen molar-refractivity contribution in [3.63, 3.8) is 0 Å². The zero-order chi connectivity index (χ0) is 24.6. The molecule has 36 heavy (non-hydrogen) atoms. The van der Waals surface area contributed by atoms with Gasteiger partial charge in [0.05, 0.1) is 12.9 Å². The fourth-order valence-electron chi connectivity index (χ4n) is 3.95. The molecule has 5 rings (SSSR count). The van der Waals surface area contributed by atoms with E-state index >= 15 is 0 Å². The molecule has 2 heterocycles. The van der Waals surface area contributed by atoms with Gasteiger partial charge in [-0.3, -0.25) is 0 Å². The number of benzene rings is 3. The molecule has 3 aromatic carbocycles. The van der Waals surface area contributed by atoms with Crippen molar-refractivity contribution in [2.45, 2.75) is 13.1 Å². The van der Waals surface area contributed by atoms with Gasteiger partial charge >= 0.3 is 0 Å². The Morgan fingerprint density at radius 1 is 0.833 bits per heavy atom. The molecular weight excluding hydrogens is 452 g/mol. The van der Waals surface area contributed by atoms with Crippen LogP contribution in [0, 0.1) is 0 Å². The first-order chi connectivity index (χ1) is 17.8. The van der Waals surface area contributed by atoms with Gasteiger partial charge in [0, 0.05) is 32.0 Å². The Labute approximate surface area is 210 Å². The van der Waals surface area contributed by atoms with E-state index in [-0.39, 0.29) is 0 Å². The van der Waals surface area contributed by atoms with Gasteiger partial charge in [-0.15, -0.1) is 0 Å². The van der Waals surface area contributed by atoms with Crippen molar-refractivity contribution in [1.82, 2.24) is 19.9 Å². The van der Waals surface area contributed by atoms with Crippen LogP contribution in [-0.2, 0) is 17.8 Å². The summed E-state index contributed by atoms with van der Waals surface area (Å²) in [4.78, 5) is 19.5. The van der Waals surface area contributed by atoms with Crippen molar-refractivity contribution in [3.05, 3.63) is 102 Å². The molecule has 0 unspecified atom stereocenters. The average Bonchev–Trinajstić information content (AvgIpc) is 3.38. The van der Waals surface area contributed by atoms with Crippen LogP contribution < -0.4 is 15.0 Å². The van der Waals surface area contributed by atoms with Crippen LogP contribution in [-0.4, -0.2) is 40.3 Å². The minimum Gasteiger partial charge on any atom is -0.491 e. The monoisotopic (exact) mass is 480 g/mol. The van der Waals surface area contributed by atoms with Gasteiger partial charge in [-0.2, -0.15) is 9.97 Å². The zero-order valence-corrected chi connectivity index (χ0v) is 20.1. The molecule has 0 spiro atoms. The van der Waals surface area contributed by atoms with E-state index in [9.17, 15) is 0 Å². The number of fused-ring (bicyclic) bond motifs is 1. The number of ether oxygens (including phenoxy) is 2. The Morgan fingerprint density at radius 2 is 1.56 bits per heavy atom. The smallest absolute Gasteiger partial charge is 0.231 e. The van der Waals surface area contributed by atoms with Crippen molar-refractivity contribution < 1.29 is 9.47 Å². The van der Waals surface area contributed by atoms with Crippen molar-refractivity contribution in [2.24, 2.45) is 0 Å². The summed E-state index contributed by atoms with van der Waals surface area (Å²) in [6.07, 6.45) is 1.65. The van der Waals surface area contributed by atoms with E-state index in [2.05, 4.69) is 73.7 Å². The number of aromatic nitrogens is 4. The van der Waals surface area contributed by atoms with Gasteiger partial charge in [0.2, 0.25) is 5.95 Å². The van der Waals surface area contributed by atoms with Gasteiger partial charge in [-0.1, -0.05) is 66.7 Å². The van der Waals surface area contributed by atoms with Gasteiger partial charge in [-0.05, 0) is 23.3 Å². The molecule has 8 nitrogen and oxygen atoms in total. The number of rotatable bonds is 11. The molecule has 0 aliphatic heterocycles. The second kappa shape index (κ2) is 11.3.